The van der Waals surface area contributed by atoms with Gasteiger partial charge in [0.1, 0.15) is 0 Å². The molecular weight excluding hydrogens is 214 g/mol. The Hall–Kier alpha value is -0.970. The minimum atomic E-state index is 0.208. The molecule has 0 bridgehead atoms. The van der Waals surface area contributed by atoms with E-state index in [1.807, 2.05) is 12.3 Å². The Morgan fingerprint density at radius 3 is 3.12 bits per heavy atom. The van der Waals surface area contributed by atoms with Crippen LogP contribution in [0, 0.1) is 5.92 Å². The fourth-order valence-electron chi connectivity index (χ4n) is 2.34. The van der Waals surface area contributed by atoms with Crippen molar-refractivity contribution in [2.75, 3.05) is 26.2 Å². The Bertz CT molecular complexity index is 331. The van der Waals surface area contributed by atoms with E-state index < -0.39 is 0 Å². The summed E-state index contributed by atoms with van der Waals surface area (Å²) < 4.78 is 0. The maximum absolute atomic E-state index is 9.45. The molecule has 1 fully saturated rings. The smallest absolute Gasteiger partial charge is 0.0599 e. The quantitative estimate of drug-likeness (QED) is 0.800. The van der Waals surface area contributed by atoms with Crippen molar-refractivity contribution in [1.82, 2.24) is 15.2 Å². The Morgan fingerprint density at radius 1 is 1.53 bits per heavy atom. The zero-order valence-electron chi connectivity index (χ0n) is 10.3. The third-order valence-corrected chi connectivity index (χ3v) is 3.25. The SMILES string of the molecule is CC1CNCC(CO)N(Cc2cccnc2)C1. The summed E-state index contributed by atoms with van der Waals surface area (Å²) in [6.45, 7) is 6.22. The van der Waals surface area contributed by atoms with E-state index in [4.69, 9.17) is 0 Å². The Balaban J connectivity index is 2.04. The van der Waals surface area contributed by atoms with Gasteiger partial charge in [-0.15, -0.1) is 0 Å². The van der Waals surface area contributed by atoms with Crippen LogP contribution in [-0.2, 0) is 6.54 Å². The lowest BCUT2D eigenvalue weighted by Crippen LogP contribution is -2.42. The highest BCUT2D eigenvalue weighted by Gasteiger charge is 2.23. The highest BCUT2D eigenvalue weighted by molar-refractivity contribution is 5.08. The van der Waals surface area contributed by atoms with Gasteiger partial charge in [0.15, 0.2) is 0 Å². The summed E-state index contributed by atoms with van der Waals surface area (Å²) in [6, 6.07) is 4.26. The molecule has 2 N–H and O–H groups in total. The third kappa shape index (κ3) is 3.49. The molecule has 1 aromatic rings. The Kier molecular flexibility index (Phi) is 4.48. The molecular formula is C13H21N3O. The highest BCUT2D eigenvalue weighted by Crippen LogP contribution is 2.12. The summed E-state index contributed by atoms with van der Waals surface area (Å²) in [5.74, 6) is 0.614. The van der Waals surface area contributed by atoms with Crippen molar-refractivity contribution in [3.63, 3.8) is 0 Å². The summed E-state index contributed by atoms with van der Waals surface area (Å²) in [7, 11) is 0. The van der Waals surface area contributed by atoms with Crippen LogP contribution in [0.1, 0.15) is 12.5 Å². The molecule has 2 unspecified atom stereocenters. The number of rotatable bonds is 3. The molecule has 0 saturated carbocycles. The molecule has 4 nitrogen and oxygen atoms in total. The molecule has 0 spiro atoms. The van der Waals surface area contributed by atoms with Crippen LogP contribution in [-0.4, -0.2) is 47.3 Å². The standard InChI is InChI=1S/C13H21N3O/c1-11-5-15-7-13(10-17)16(8-11)9-12-3-2-4-14-6-12/h2-4,6,11,13,15,17H,5,7-10H2,1H3. The number of hydrogen-bond acceptors (Lipinski definition) is 4. The van der Waals surface area contributed by atoms with Crippen LogP contribution in [0.3, 0.4) is 0 Å². The van der Waals surface area contributed by atoms with Crippen molar-refractivity contribution in [1.29, 1.82) is 0 Å². The van der Waals surface area contributed by atoms with Crippen LogP contribution < -0.4 is 5.32 Å². The molecule has 1 aliphatic rings. The number of nitrogens with one attached hydrogen (secondary N) is 1. The first-order valence-corrected chi connectivity index (χ1v) is 6.24. The van der Waals surface area contributed by atoms with Gasteiger partial charge in [-0.2, -0.15) is 0 Å². The van der Waals surface area contributed by atoms with Crippen LogP contribution >= 0.6 is 0 Å². The normalized spacial score (nSPS) is 26.7. The van der Waals surface area contributed by atoms with Gasteiger partial charge in [-0.1, -0.05) is 13.0 Å². The van der Waals surface area contributed by atoms with Gasteiger partial charge in [-0.3, -0.25) is 9.88 Å². The van der Waals surface area contributed by atoms with Crippen LogP contribution in [0.2, 0.25) is 0 Å². The molecule has 2 heterocycles. The van der Waals surface area contributed by atoms with Crippen LogP contribution in [0.25, 0.3) is 0 Å². The van der Waals surface area contributed by atoms with Gasteiger partial charge >= 0.3 is 0 Å². The second-order valence-electron chi connectivity index (χ2n) is 4.89. The van der Waals surface area contributed by atoms with Gasteiger partial charge in [0.2, 0.25) is 0 Å². The second-order valence-corrected chi connectivity index (χ2v) is 4.89. The lowest BCUT2D eigenvalue weighted by Gasteiger charge is -2.29. The van der Waals surface area contributed by atoms with Crippen molar-refractivity contribution < 1.29 is 5.11 Å². The summed E-state index contributed by atoms with van der Waals surface area (Å²) in [6.07, 6.45) is 3.69. The fraction of sp³-hybridized carbons (Fsp3) is 0.615. The predicted molar refractivity (Wildman–Crippen MR) is 67.6 cm³/mol. The number of pyridine rings is 1. The average Bonchev–Trinajstić information content (AvgIpc) is 2.52. The first kappa shape index (κ1) is 12.5. The van der Waals surface area contributed by atoms with Crippen molar-refractivity contribution in [2.45, 2.75) is 19.5 Å². The van der Waals surface area contributed by atoms with Crippen LogP contribution in [0.5, 0.6) is 0 Å². The topological polar surface area (TPSA) is 48.4 Å². The predicted octanol–water partition coefficient (Wildman–Crippen LogP) is 0.484. The number of nitrogens with zero attached hydrogens (tertiary/aromatic N) is 2. The molecule has 0 amide bonds. The number of aromatic nitrogens is 1. The van der Waals surface area contributed by atoms with Crippen molar-refractivity contribution in [3.05, 3.63) is 30.1 Å². The zero-order valence-corrected chi connectivity index (χ0v) is 10.3. The van der Waals surface area contributed by atoms with E-state index >= 15 is 0 Å². The minimum absolute atomic E-state index is 0.208. The van der Waals surface area contributed by atoms with Gasteiger partial charge in [0, 0.05) is 38.1 Å². The summed E-state index contributed by atoms with van der Waals surface area (Å²) >= 11 is 0. The van der Waals surface area contributed by atoms with E-state index in [0.717, 1.165) is 26.2 Å². The van der Waals surface area contributed by atoms with Crippen LogP contribution in [0.15, 0.2) is 24.5 Å². The highest BCUT2D eigenvalue weighted by atomic mass is 16.3. The first-order valence-electron chi connectivity index (χ1n) is 6.24. The summed E-state index contributed by atoms with van der Waals surface area (Å²) in [4.78, 5) is 6.49. The van der Waals surface area contributed by atoms with Crippen LogP contribution in [0.4, 0.5) is 0 Å². The molecule has 0 radical (unpaired) electrons. The van der Waals surface area contributed by atoms with Gasteiger partial charge in [-0.25, -0.2) is 0 Å². The first-order chi connectivity index (χ1) is 8.29. The third-order valence-electron chi connectivity index (χ3n) is 3.25. The maximum atomic E-state index is 9.45. The van der Waals surface area contributed by atoms with Gasteiger partial charge in [-0.05, 0) is 24.1 Å². The van der Waals surface area contributed by atoms with Crippen molar-refractivity contribution in [2.24, 2.45) is 5.92 Å². The molecule has 94 valence electrons. The molecule has 1 saturated heterocycles. The fourth-order valence-corrected chi connectivity index (χ4v) is 2.34. The van der Waals surface area contributed by atoms with Crippen molar-refractivity contribution >= 4 is 0 Å². The molecule has 4 heteroatoms. The van der Waals surface area contributed by atoms with Gasteiger partial charge < -0.3 is 10.4 Å². The van der Waals surface area contributed by atoms with E-state index in [9.17, 15) is 5.11 Å². The lowest BCUT2D eigenvalue weighted by atomic mass is 10.1. The molecule has 1 aliphatic heterocycles. The molecule has 1 aromatic heterocycles. The summed E-state index contributed by atoms with van der Waals surface area (Å²) in [5.41, 5.74) is 1.21. The molecule has 2 atom stereocenters. The zero-order chi connectivity index (χ0) is 12.1. The number of aliphatic hydroxyl groups is 1. The van der Waals surface area contributed by atoms with E-state index in [1.165, 1.54) is 5.56 Å². The molecule has 17 heavy (non-hydrogen) atoms. The van der Waals surface area contributed by atoms with E-state index in [1.54, 1.807) is 6.20 Å². The van der Waals surface area contributed by atoms with Gasteiger partial charge in [0.25, 0.3) is 0 Å². The average molecular weight is 235 g/mol. The second kappa shape index (κ2) is 6.10. The lowest BCUT2D eigenvalue weighted by molar-refractivity contribution is 0.118. The van der Waals surface area contributed by atoms with Crippen molar-refractivity contribution in [3.8, 4) is 0 Å². The number of aliphatic hydroxyl groups excluding tert-OH is 1. The monoisotopic (exact) mass is 235 g/mol. The Labute approximate surface area is 103 Å². The largest absolute Gasteiger partial charge is 0.395 e. The minimum Gasteiger partial charge on any atom is -0.395 e. The molecule has 0 aliphatic carbocycles. The van der Waals surface area contributed by atoms with E-state index in [0.29, 0.717) is 5.92 Å². The summed E-state index contributed by atoms with van der Waals surface area (Å²) in [5, 5.41) is 12.8. The Morgan fingerprint density at radius 2 is 2.41 bits per heavy atom. The molecule has 2 rings (SSSR count). The van der Waals surface area contributed by atoms with E-state index in [-0.39, 0.29) is 12.6 Å². The maximum Gasteiger partial charge on any atom is 0.0599 e. The van der Waals surface area contributed by atoms with E-state index in [2.05, 4.69) is 28.2 Å². The number of hydrogen-bond donors (Lipinski definition) is 2. The van der Waals surface area contributed by atoms with Gasteiger partial charge in [0.05, 0.1) is 6.61 Å². The molecule has 0 aromatic carbocycles.